The van der Waals surface area contributed by atoms with Crippen molar-refractivity contribution in [3.05, 3.63) is 116 Å². The summed E-state index contributed by atoms with van der Waals surface area (Å²) in [7, 11) is 1.69. The van der Waals surface area contributed by atoms with E-state index in [1.54, 1.807) is 48.7 Å². The molecule has 11 rings (SSSR count). The molecule has 3 amide bonds. The molecule has 0 spiro atoms. The predicted molar refractivity (Wildman–Crippen MR) is 243 cm³/mol. The van der Waals surface area contributed by atoms with E-state index in [1.165, 1.54) is 21.8 Å². The summed E-state index contributed by atoms with van der Waals surface area (Å²) in [5, 5.41) is 14.4. The topological polar surface area (TPSA) is 170 Å². The zero-order valence-corrected chi connectivity index (χ0v) is 38.3. The van der Waals surface area contributed by atoms with Crippen LogP contribution in [-0.4, -0.2) is 88.7 Å². The van der Waals surface area contributed by atoms with Crippen molar-refractivity contribution in [1.29, 1.82) is 0 Å². The Balaban J connectivity index is 1.01. The van der Waals surface area contributed by atoms with Crippen molar-refractivity contribution in [3.63, 3.8) is 0 Å². The summed E-state index contributed by atoms with van der Waals surface area (Å²) in [4.78, 5) is 63.8. The van der Waals surface area contributed by atoms with Crippen molar-refractivity contribution in [1.82, 2.24) is 39.2 Å². The number of H-pyrrole nitrogens is 1. The average Bonchev–Trinajstić information content (AvgIpc) is 3.79. The Labute approximate surface area is 383 Å². The number of amides is 3. The lowest BCUT2D eigenvalue weighted by atomic mass is 9.83. The Kier molecular flexibility index (Phi) is 9.57. The number of aryl methyl sites for hydroxylation is 3. The second-order valence-electron chi connectivity index (χ2n) is 19.4. The number of fused-ring (bicyclic) bond motifs is 3. The molecule has 0 radical (unpaired) electrons. The third-order valence-electron chi connectivity index (χ3n) is 14.7. The van der Waals surface area contributed by atoms with Gasteiger partial charge in [0.15, 0.2) is 11.6 Å². The van der Waals surface area contributed by atoms with Gasteiger partial charge in [0, 0.05) is 56.2 Å². The Morgan fingerprint density at radius 2 is 1.61 bits per heavy atom. The molecular formula is C49H50F2N10O6. The highest BCUT2D eigenvalue weighted by Gasteiger charge is 2.59. The van der Waals surface area contributed by atoms with Crippen LogP contribution in [0.5, 0.6) is 0 Å². The van der Waals surface area contributed by atoms with Crippen LogP contribution in [0.1, 0.15) is 103 Å². The van der Waals surface area contributed by atoms with Crippen molar-refractivity contribution in [2.24, 2.45) is 13.0 Å². The fraction of sp³-hybridized carbons (Fsp3) is 0.408. The summed E-state index contributed by atoms with van der Waals surface area (Å²) < 4.78 is 47.3. The standard InChI is InChI=1S/C49H50F2N10O6/c1-25-18-32(19-26(2)40(25)50)61-42(59-16-15-58(44(63)45(59)64)37-11-10-36-33(41(37)51)24-52-56(36)7)39-28(4)57(14-12-34(39)54-61)43(62)38-21-31-20-29(30-13-17-66-48(5,6)23-30)8-9-35(31)60(38)49(22-27(49)3)46-53-47(65)67-55-46/h8-11,18-21,24,27-28,30H,12-17,22-23H2,1-7H3,(H,53,55,65)/t27-,28-,30-,49-/m0/s1. The third kappa shape index (κ3) is 6.49. The van der Waals surface area contributed by atoms with Gasteiger partial charge in [0.1, 0.15) is 22.9 Å². The number of hydrogen-bond acceptors (Lipinski definition) is 9. The van der Waals surface area contributed by atoms with Crippen molar-refractivity contribution in [2.75, 3.05) is 36.0 Å². The molecule has 1 saturated carbocycles. The number of carbonyl (C=O) groups excluding carboxylic acids is 3. The molecule has 0 bridgehead atoms. The number of hydrogen-bond donors (Lipinski definition) is 1. The van der Waals surface area contributed by atoms with Crippen LogP contribution in [0.3, 0.4) is 0 Å². The number of anilines is 2. The molecule has 3 aromatic carbocycles. The van der Waals surface area contributed by atoms with E-state index < -0.39 is 35.0 Å². The van der Waals surface area contributed by atoms with E-state index in [2.05, 4.69) is 41.2 Å². The van der Waals surface area contributed by atoms with Crippen molar-refractivity contribution < 1.29 is 32.4 Å². The van der Waals surface area contributed by atoms with Gasteiger partial charge in [0.05, 0.1) is 45.8 Å². The van der Waals surface area contributed by atoms with E-state index in [0.29, 0.717) is 64.6 Å². The first-order chi connectivity index (χ1) is 32.0. The number of aromatic nitrogens is 7. The second-order valence-corrected chi connectivity index (χ2v) is 19.4. The Bertz CT molecular complexity index is 3280. The summed E-state index contributed by atoms with van der Waals surface area (Å²) in [6, 6.07) is 13.9. The zero-order chi connectivity index (χ0) is 47.0. The summed E-state index contributed by atoms with van der Waals surface area (Å²) in [6.45, 7) is 12.2. The maximum atomic E-state index is 16.0. The maximum Gasteiger partial charge on any atom is 0.438 e. The van der Waals surface area contributed by atoms with Gasteiger partial charge in [0.25, 0.3) is 5.91 Å². The average molecular weight is 913 g/mol. The van der Waals surface area contributed by atoms with Gasteiger partial charge in [-0.2, -0.15) is 10.2 Å². The van der Waals surface area contributed by atoms with Crippen molar-refractivity contribution >= 4 is 51.0 Å². The minimum Gasteiger partial charge on any atom is -0.376 e. The monoisotopic (exact) mass is 912 g/mol. The lowest BCUT2D eigenvalue weighted by molar-refractivity contribution is -0.136. The summed E-state index contributed by atoms with van der Waals surface area (Å²) in [6.07, 6.45) is 3.97. The molecule has 1 N–H and O–H groups in total. The maximum absolute atomic E-state index is 16.0. The fourth-order valence-corrected chi connectivity index (χ4v) is 11.2. The predicted octanol–water partition coefficient (Wildman–Crippen LogP) is 6.88. The first-order valence-electron chi connectivity index (χ1n) is 22.8. The molecule has 4 aliphatic rings. The van der Waals surface area contributed by atoms with Crippen LogP contribution in [0.25, 0.3) is 27.5 Å². The molecule has 1 aliphatic carbocycles. The van der Waals surface area contributed by atoms with E-state index in [1.807, 2.05) is 30.5 Å². The molecule has 0 unspecified atom stereocenters. The van der Waals surface area contributed by atoms with Crippen LogP contribution in [0.2, 0.25) is 0 Å². The first kappa shape index (κ1) is 42.7. The highest BCUT2D eigenvalue weighted by molar-refractivity contribution is 6.45. The van der Waals surface area contributed by atoms with Crippen LogP contribution >= 0.6 is 0 Å². The molecule has 16 nitrogen and oxygen atoms in total. The van der Waals surface area contributed by atoms with Gasteiger partial charge in [-0.25, -0.2) is 18.3 Å². The van der Waals surface area contributed by atoms with Gasteiger partial charge in [0.2, 0.25) is 0 Å². The molecular weight excluding hydrogens is 863 g/mol. The molecule has 2 saturated heterocycles. The van der Waals surface area contributed by atoms with Crippen LogP contribution < -0.4 is 15.6 Å². The highest BCUT2D eigenvalue weighted by atomic mass is 19.1. The van der Waals surface area contributed by atoms with E-state index in [4.69, 9.17) is 14.4 Å². The zero-order valence-electron chi connectivity index (χ0n) is 38.3. The molecule has 3 fully saturated rings. The van der Waals surface area contributed by atoms with Gasteiger partial charge < -0.3 is 14.2 Å². The number of rotatable bonds is 7. The van der Waals surface area contributed by atoms with Gasteiger partial charge in [-0.3, -0.25) is 38.4 Å². The van der Waals surface area contributed by atoms with Crippen LogP contribution in [-0.2, 0) is 33.3 Å². The number of piperazine rings is 1. The third-order valence-corrected chi connectivity index (χ3v) is 14.7. The van der Waals surface area contributed by atoms with Crippen LogP contribution in [0.4, 0.5) is 20.3 Å². The first-order valence-corrected chi connectivity index (χ1v) is 22.8. The highest BCUT2D eigenvalue weighted by Crippen LogP contribution is 2.56. The number of aromatic amines is 1. The Morgan fingerprint density at radius 1 is 0.896 bits per heavy atom. The summed E-state index contributed by atoms with van der Waals surface area (Å²) >= 11 is 0. The van der Waals surface area contributed by atoms with Crippen molar-refractivity contribution in [3.8, 4) is 5.69 Å². The van der Waals surface area contributed by atoms with Crippen LogP contribution in [0, 0.1) is 31.4 Å². The van der Waals surface area contributed by atoms with Crippen molar-refractivity contribution in [2.45, 2.75) is 90.3 Å². The molecule has 4 atom stereocenters. The minimum atomic E-state index is -0.944. The fourth-order valence-electron chi connectivity index (χ4n) is 11.2. The quantitative estimate of drug-likeness (QED) is 0.168. The van der Waals surface area contributed by atoms with Gasteiger partial charge in [-0.1, -0.05) is 18.1 Å². The smallest absolute Gasteiger partial charge is 0.376 e. The molecule has 3 aliphatic heterocycles. The number of nitrogens with zero attached hydrogens (tertiary/aromatic N) is 9. The number of benzene rings is 3. The second kappa shape index (κ2) is 15.0. The van der Waals surface area contributed by atoms with E-state index in [9.17, 15) is 14.4 Å². The lowest BCUT2D eigenvalue weighted by Gasteiger charge is -2.38. The number of ether oxygens (including phenoxy) is 1. The normalized spacial score (nSPS) is 22.9. The van der Waals surface area contributed by atoms with Gasteiger partial charge >= 0.3 is 17.6 Å². The molecule has 4 aromatic heterocycles. The van der Waals surface area contributed by atoms with E-state index >= 15 is 13.6 Å². The number of carbonyl (C=O) groups is 3. The number of nitrogens with one attached hydrogen (secondary N) is 1. The van der Waals surface area contributed by atoms with E-state index in [0.717, 1.165) is 34.2 Å². The minimum absolute atomic E-state index is 0.0221. The number of halogens is 2. The Hall–Kier alpha value is -6.95. The Morgan fingerprint density at radius 3 is 2.31 bits per heavy atom. The molecule has 67 heavy (non-hydrogen) atoms. The lowest BCUT2D eigenvalue weighted by Crippen LogP contribution is -2.56. The molecule has 7 aromatic rings. The SMILES string of the molecule is Cc1cc(-n2nc3c(c2N2CCN(c4ccc5c(cnn5C)c4F)C(=O)C2=O)[C@H](C)N(C(=O)c2cc4cc([C@H]5CCOC(C)(C)C5)ccc4n2[C@@]2(c4noc(=O)[nH]4)C[C@@H]2C)CC3)cc(C)c1F. The summed E-state index contributed by atoms with van der Waals surface area (Å²) in [5.41, 5.74) is 4.02. The van der Waals surface area contributed by atoms with Crippen LogP contribution in [0.15, 0.2) is 64.0 Å². The van der Waals surface area contributed by atoms with Gasteiger partial charge in [-0.05, 0) is 125 Å². The summed E-state index contributed by atoms with van der Waals surface area (Å²) in [5.74, 6) is -3.06. The molecule has 18 heteroatoms. The van der Waals surface area contributed by atoms with Gasteiger partial charge in [-0.15, -0.1) is 0 Å². The van der Waals surface area contributed by atoms with E-state index in [-0.39, 0.29) is 65.7 Å². The molecule has 7 heterocycles. The molecule has 346 valence electrons. The largest absolute Gasteiger partial charge is 0.438 e.